The molecule has 0 amide bonds. The first-order chi connectivity index (χ1) is 24.8. The Bertz CT molecular complexity index is 2760. The van der Waals surface area contributed by atoms with Gasteiger partial charge in [0.15, 0.2) is 0 Å². The number of pyridine rings is 2. The van der Waals surface area contributed by atoms with Gasteiger partial charge in [-0.25, -0.2) is 0 Å². The zero-order valence-electron chi connectivity index (χ0n) is 27.9. The van der Waals surface area contributed by atoms with Crippen molar-refractivity contribution < 1.29 is 24.5 Å². The van der Waals surface area contributed by atoms with E-state index in [2.05, 4.69) is 94.3 Å². The van der Waals surface area contributed by atoms with E-state index in [1.165, 1.54) is 80.1 Å². The summed E-state index contributed by atoms with van der Waals surface area (Å²) in [6, 6.07) is 48.7. The molecule has 0 aliphatic heterocycles. The van der Waals surface area contributed by atoms with Crippen LogP contribution in [-0.4, -0.2) is 14.4 Å². The Balaban J connectivity index is 0.000000228. The Hall–Kier alpha value is -5.35. The van der Waals surface area contributed by atoms with Crippen LogP contribution in [0.4, 0.5) is 0 Å². The van der Waals surface area contributed by atoms with E-state index < -0.39 is 0 Å². The van der Waals surface area contributed by atoms with Gasteiger partial charge in [0.2, 0.25) is 0 Å². The molecule has 0 unspecified atom stereocenters. The van der Waals surface area contributed by atoms with Gasteiger partial charge in [-0.3, -0.25) is 0 Å². The number of para-hydroxylation sites is 2. The molecule has 10 aromatic rings. The molecule has 0 spiro atoms. The minimum atomic E-state index is 0. The van der Waals surface area contributed by atoms with E-state index in [1.807, 2.05) is 54.7 Å². The summed E-state index contributed by atoms with van der Waals surface area (Å²) in [6.07, 6.45) is 10.4. The molecular weight excluding hydrogens is 803 g/mol. The molecule has 5 heteroatoms. The minimum absolute atomic E-state index is 0. The molecule has 249 valence electrons. The molecule has 1 radical (unpaired) electrons. The molecule has 1 saturated carbocycles. The third-order valence-corrected chi connectivity index (χ3v) is 10.5. The fourth-order valence-corrected chi connectivity index (χ4v) is 8.23. The van der Waals surface area contributed by atoms with Crippen molar-refractivity contribution in [2.45, 2.75) is 32.1 Å². The van der Waals surface area contributed by atoms with Crippen LogP contribution < -0.4 is 0 Å². The van der Waals surface area contributed by atoms with Crippen LogP contribution in [0.5, 0.6) is 0 Å². The summed E-state index contributed by atoms with van der Waals surface area (Å²) in [5.41, 5.74) is 11.0. The summed E-state index contributed by atoms with van der Waals surface area (Å²) >= 11 is 0. The van der Waals surface area contributed by atoms with Gasteiger partial charge in [-0.2, -0.15) is 0 Å². The summed E-state index contributed by atoms with van der Waals surface area (Å²) in [5, 5.41) is 7.34. The normalized spacial score (nSPS) is 13.4. The quantitative estimate of drug-likeness (QED) is 0.166. The number of fused-ring (bicyclic) bond motifs is 10. The Morgan fingerprint density at radius 3 is 2.27 bits per heavy atom. The average Bonchev–Trinajstić information content (AvgIpc) is 3.97. The Kier molecular flexibility index (Phi) is 8.11. The van der Waals surface area contributed by atoms with Crippen LogP contribution in [0.3, 0.4) is 0 Å². The first-order valence-electron chi connectivity index (χ1n) is 17.6. The molecule has 11 rings (SSSR count). The van der Waals surface area contributed by atoms with E-state index in [9.17, 15) is 0 Å². The van der Waals surface area contributed by atoms with Gasteiger partial charge >= 0.3 is 0 Å². The number of furan rings is 1. The van der Waals surface area contributed by atoms with E-state index >= 15 is 0 Å². The molecule has 0 bridgehead atoms. The van der Waals surface area contributed by atoms with Gasteiger partial charge in [-0.1, -0.05) is 91.2 Å². The number of nitrogens with zero attached hydrogens (tertiary/aromatic N) is 3. The largest absolute Gasteiger partial charge is 0.456 e. The van der Waals surface area contributed by atoms with Crippen LogP contribution in [-0.2, 0) is 26.5 Å². The number of benzene rings is 5. The van der Waals surface area contributed by atoms with Crippen molar-refractivity contribution >= 4 is 60.0 Å². The first kappa shape index (κ1) is 31.6. The summed E-state index contributed by atoms with van der Waals surface area (Å²) in [4.78, 5) is 8.99. The maximum Gasteiger partial charge on any atom is 0.136 e. The molecule has 4 nitrogen and oxygen atoms in total. The van der Waals surface area contributed by atoms with Crippen molar-refractivity contribution in [3.05, 3.63) is 151 Å². The third kappa shape index (κ3) is 5.40. The first-order valence-corrected chi connectivity index (χ1v) is 17.6. The van der Waals surface area contributed by atoms with Crippen molar-refractivity contribution in [1.82, 2.24) is 14.4 Å². The summed E-state index contributed by atoms with van der Waals surface area (Å²) < 4.78 is 8.84. The molecule has 0 atom stereocenters. The summed E-state index contributed by atoms with van der Waals surface area (Å²) in [5.74, 6) is 0.817. The monoisotopic (exact) mass is 836 g/mol. The van der Waals surface area contributed by atoms with Crippen LogP contribution in [0.25, 0.3) is 82.5 Å². The molecule has 1 aliphatic carbocycles. The maximum atomic E-state index is 6.42. The molecule has 1 fully saturated rings. The Labute approximate surface area is 309 Å². The summed E-state index contributed by atoms with van der Waals surface area (Å²) in [6.45, 7) is 0. The van der Waals surface area contributed by atoms with Gasteiger partial charge in [0.25, 0.3) is 0 Å². The number of rotatable bonds is 4. The molecule has 1 aliphatic rings. The molecule has 5 aromatic heterocycles. The third-order valence-electron chi connectivity index (χ3n) is 10.5. The summed E-state index contributed by atoms with van der Waals surface area (Å²) in [7, 11) is 0. The van der Waals surface area contributed by atoms with E-state index in [0.29, 0.717) is 0 Å². The van der Waals surface area contributed by atoms with Crippen LogP contribution in [0, 0.1) is 18.1 Å². The SMILES string of the molecule is [Ir].[c-]1cc2c(cc1-c1cc(CC3CCCC3)ccn1)c1cc3oc4ccccc4c3c3c4ccccc4n2c13.[c-]1ccccc1-c1ccccn1. The van der Waals surface area contributed by atoms with Crippen molar-refractivity contribution in [3.63, 3.8) is 0 Å². The van der Waals surface area contributed by atoms with E-state index in [0.717, 1.165) is 46.0 Å². The van der Waals surface area contributed by atoms with Crippen LogP contribution in [0.1, 0.15) is 31.2 Å². The second-order valence-electron chi connectivity index (χ2n) is 13.5. The minimum Gasteiger partial charge on any atom is -0.456 e. The van der Waals surface area contributed by atoms with Crippen LogP contribution >= 0.6 is 0 Å². The van der Waals surface area contributed by atoms with E-state index in [4.69, 9.17) is 9.40 Å². The second kappa shape index (κ2) is 13.1. The van der Waals surface area contributed by atoms with Crippen molar-refractivity contribution in [3.8, 4) is 22.5 Å². The number of aromatic nitrogens is 3. The van der Waals surface area contributed by atoms with Crippen LogP contribution in [0.2, 0.25) is 0 Å². The van der Waals surface area contributed by atoms with Gasteiger partial charge in [-0.05, 0) is 65.0 Å². The van der Waals surface area contributed by atoms with Crippen molar-refractivity contribution in [1.29, 1.82) is 0 Å². The fourth-order valence-electron chi connectivity index (χ4n) is 8.23. The number of hydrogen-bond acceptors (Lipinski definition) is 3. The number of hydrogen-bond donors (Lipinski definition) is 0. The fraction of sp³-hybridized carbons (Fsp3) is 0.130. The average molecular weight is 836 g/mol. The second-order valence-corrected chi connectivity index (χ2v) is 13.5. The van der Waals surface area contributed by atoms with Crippen molar-refractivity contribution in [2.75, 3.05) is 0 Å². The predicted octanol–water partition coefficient (Wildman–Crippen LogP) is 11.9. The van der Waals surface area contributed by atoms with Gasteiger partial charge in [0, 0.05) is 59.6 Å². The predicted molar refractivity (Wildman–Crippen MR) is 205 cm³/mol. The molecule has 0 N–H and O–H groups in total. The zero-order valence-corrected chi connectivity index (χ0v) is 30.3. The molecule has 5 heterocycles. The van der Waals surface area contributed by atoms with Gasteiger partial charge in [0.1, 0.15) is 11.2 Å². The van der Waals surface area contributed by atoms with Gasteiger partial charge in [-0.15, -0.1) is 59.7 Å². The molecule has 0 saturated heterocycles. The standard InChI is InChI=1S/C35H25N2O.C11H8N.Ir/c1-2-8-21(7-1)17-22-15-16-36-28(18-22)23-13-14-30-26(19-23)27-20-32-33(25-10-4-6-12-31(25)38-32)34-24-9-3-5-11-29(24)37(30)35(27)34;1-2-6-10(7-3-1)11-8-4-5-9-12-11;/h3-6,9-12,14-16,18-21H,1-2,7-8,17H2;1-6,8-9H;/q2*-1;. The smallest absolute Gasteiger partial charge is 0.136 e. The Morgan fingerprint density at radius 2 is 1.43 bits per heavy atom. The Morgan fingerprint density at radius 1 is 0.627 bits per heavy atom. The molecule has 51 heavy (non-hydrogen) atoms. The van der Waals surface area contributed by atoms with Gasteiger partial charge in [0.05, 0.1) is 5.52 Å². The van der Waals surface area contributed by atoms with Crippen molar-refractivity contribution in [2.24, 2.45) is 5.92 Å². The van der Waals surface area contributed by atoms with Crippen LogP contribution in [0.15, 0.2) is 138 Å². The van der Waals surface area contributed by atoms with E-state index in [-0.39, 0.29) is 20.1 Å². The topological polar surface area (TPSA) is 43.3 Å². The zero-order chi connectivity index (χ0) is 33.0. The maximum absolute atomic E-state index is 6.42. The molecular formula is C46H33IrN3O-2. The molecule has 5 aromatic carbocycles. The van der Waals surface area contributed by atoms with E-state index in [1.54, 1.807) is 6.20 Å². The van der Waals surface area contributed by atoms with Gasteiger partial charge < -0.3 is 18.8 Å².